The van der Waals surface area contributed by atoms with Crippen molar-refractivity contribution in [3.63, 3.8) is 0 Å². The van der Waals surface area contributed by atoms with E-state index in [9.17, 15) is 0 Å². The van der Waals surface area contributed by atoms with Gasteiger partial charge in [0.05, 0.1) is 10.2 Å². The lowest BCUT2D eigenvalue weighted by atomic mass is 10.2. The van der Waals surface area contributed by atoms with Crippen molar-refractivity contribution >= 4 is 49.1 Å². The Morgan fingerprint density at radius 1 is 1.12 bits per heavy atom. The summed E-state index contributed by atoms with van der Waals surface area (Å²) in [5.74, 6) is 0. The highest BCUT2D eigenvalue weighted by Gasteiger charge is 2.06. The third-order valence-corrected chi connectivity index (χ3v) is 4.24. The molecular weight excluding hydrogens is 318 g/mol. The maximum atomic E-state index is 5.96. The highest BCUT2D eigenvalue weighted by molar-refractivity contribution is 9.10. The summed E-state index contributed by atoms with van der Waals surface area (Å²) >= 11 is 11.1. The van der Waals surface area contributed by atoms with Gasteiger partial charge in [0.2, 0.25) is 0 Å². The summed E-state index contributed by atoms with van der Waals surface area (Å²) in [4.78, 5) is 4.60. The van der Waals surface area contributed by atoms with Crippen molar-refractivity contribution in [2.45, 2.75) is 0 Å². The average molecular weight is 325 g/mol. The van der Waals surface area contributed by atoms with Crippen LogP contribution in [0.15, 0.2) is 46.9 Å². The van der Waals surface area contributed by atoms with Crippen molar-refractivity contribution in [3.8, 4) is 10.6 Å². The van der Waals surface area contributed by atoms with Crippen LogP contribution in [-0.2, 0) is 0 Å². The molecule has 0 saturated carbocycles. The summed E-state index contributed by atoms with van der Waals surface area (Å²) < 4.78 is 2.22. The van der Waals surface area contributed by atoms with Gasteiger partial charge in [0.1, 0.15) is 5.01 Å². The summed E-state index contributed by atoms with van der Waals surface area (Å²) in [7, 11) is 0. The number of nitrogens with zero attached hydrogens (tertiary/aromatic N) is 1. The van der Waals surface area contributed by atoms with Crippen molar-refractivity contribution in [1.82, 2.24) is 4.98 Å². The van der Waals surface area contributed by atoms with Crippen LogP contribution in [0.4, 0.5) is 0 Å². The third-order valence-electron chi connectivity index (χ3n) is 2.42. The molecule has 1 heterocycles. The van der Waals surface area contributed by atoms with Gasteiger partial charge in [0.25, 0.3) is 0 Å². The lowest BCUT2D eigenvalue weighted by molar-refractivity contribution is 1.47. The Bertz CT molecular complexity index is 693. The monoisotopic (exact) mass is 323 g/mol. The minimum Gasteiger partial charge on any atom is -0.236 e. The Morgan fingerprint density at radius 2 is 2.00 bits per heavy atom. The zero-order valence-electron chi connectivity index (χ0n) is 8.65. The van der Waals surface area contributed by atoms with Crippen LogP contribution in [0, 0.1) is 0 Å². The number of hydrogen-bond donors (Lipinski definition) is 0. The molecular formula is C13H7BrClNS. The molecule has 0 saturated heterocycles. The molecule has 1 aromatic heterocycles. The highest BCUT2D eigenvalue weighted by Crippen LogP contribution is 2.32. The number of rotatable bonds is 1. The van der Waals surface area contributed by atoms with Gasteiger partial charge in [-0.05, 0) is 30.3 Å². The minimum atomic E-state index is 0.726. The van der Waals surface area contributed by atoms with E-state index in [4.69, 9.17) is 11.6 Å². The fourth-order valence-corrected chi connectivity index (χ4v) is 3.15. The number of benzene rings is 2. The topological polar surface area (TPSA) is 12.9 Å². The molecule has 3 aromatic rings. The van der Waals surface area contributed by atoms with E-state index in [1.54, 1.807) is 11.3 Å². The molecule has 0 atom stereocenters. The molecule has 84 valence electrons. The van der Waals surface area contributed by atoms with Gasteiger partial charge in [0, 0.05) is 15.1 Å². The van der Waals surface area contributed by atoms with Gasteiger partial charge in [-0.15, -0.1) is 11.3 Å². The van der Waals surface area contributed by atoms with Crippen LogP contribution >= 0.6 is 38.9 Å². The molecule has 0 aliphatic rings. The lowest BCUT2D eigenvalue weighted by Gasteiger charge is -1.95. The Balaban J connectivity index is 2.18. The molecule has 0 bridgehead atoms. The van der Waals surface area contributed by atoms with Crippen LogP contribution in [0.25, 0.3) is 20.8 Å². The summed E-state index contributed by atoms with van der Waals surface area (Å²) in [5, 5.41) is 1.74. The second kappa shape index (κ2) is 4.41. The van der Waals surface area contributed by atoms with Gasteiger partial charge in [-0.3, -0.25) is 0 Å². The molecule has 2 aromatic carbocycles. The summed E-state index contributed by atoms with van der Waals surface area (Å²) in [6.07, 6.45) is 0. The normalized spacial score (nSPS) is 10.9. The van der Waals surface area contributed by atoms with Crippen LogP contribution in [0.2, 0.25) is 5.02 Å². The van der Waals surface area contributed by atoms with Gasteiger partial charge in [-0.1, -0.05) is 39.7 Å². The molecule has 0 N–H and O–H groups in total. The number of fused-ring (bicyclic) bond motifs is 1. The van der Waals surface area contributed by atoms with E-state index in [-0.39, 0.29) is 0 Å². The Kier molecular flexibility index (Phi) is 2.90. The largest absolute Gasteiger partial charge is 0.236 e. The van der Waals surface area contributed by atoms with E-state index in [1.165, 1.54) is 0 Å². The summed E-state index contributed by atoms with van der Waals surface area (Å²) in [6, 6.07) is 14.0. The van der Waals surface area contributed by atoms with E-state index < -0.39 is 0 Å². The maximum Gasteiger partial charge on any atom is 0.124 e. The number of hydrogen-bond acceptors (Lipinski definition) is 2. The van der Waals surface area contributed by atoms with E-state index >= 15 is 0 Å². The zero-order valence-corrected chi connectivity index (χ0v) is 11.8. The zero-order chi connectivity index (χ0) is 11.8. The molecule has 0 amide bonds. The van der Waals surface area contributed by atoms with Crippen LogP contribution in [0.5, 0.6) is 0 Å². The standard InChI is InChI=1S/C13H7BrClNS/c14-9-3-1-2-8(6-9)13-16-11-7-10(15)4-5-12(11)17-13/h1-7H. The fraction of sp³-hybridized carbons (Fsp3) is 0. The smallest absolute Gasteiger partial charge is 0.124 e. The second-order valence-corrected chi connectivity index (χ2v) is 6.02. The highest BCUT2D eigenvalue weighted by atomic mass is 79.9. The lowest BCUT2D eigenvalue weighted by Crippen LogP contribution is -1.75. The molecule has 0 spiro atoms. The quantitative estimate of drug-likeness (QED) is 0.585. The summed E-state index contributed by atoms with van der Waals surface area (Å²) in [5.41, 5.74) is 2.08. The Labute approximate surface area is 116 Å². The summed E-state index contributed by atoms with van der Waals surface area (Å²) in [6.45, 7) is 0. The van der Waals surface area contributed by atoms with Crippen molar-refractivity contribution in [3.05, 3.63) is 52.0 Å². The third kappa shape index (κ3) is 2.23. The van der Waals surface area contributed by atoms with Gasteiger partial charge in [-0.25, -0.2) is 4.98 Å². The predicted molar refractivity (Wildman–Crippen MR) is 77.8 cm³/mol. The van der Waals surface area contributed by atoms with Crippen molar-refractivity contribution in [2.75, 3.05) is 0 Å². The first-order chi connectivity index (χ1) is 8.22. The molecule has 0 aliphatic carbocycles. The average Bonchev–Trinajstić information content (AvgIpc) is 2.72. The molecule has 0 unspecified atom stereocenters. The van der Waals surface area contributed by atoms with Crippen LogP contribution in [0.3, 0.4) is 0 Å². The molecule has 0 aliphatic heterocycles. The van der Waals surface area contributed by atoms with E-state index in [0.29, 0.717) is 0 Å². The van der Waals surface area contributed by atoms with Gasteiger partial charge in [0.15, 0.2) is 0 Å². The molecule has 3 rings (SSSR count). The van der Waals surface area contributed by atoms with Crippen molar-refractivity contribution in [2.24, 2.45) is 0 Å². The first-order valence-electron chi connectivity index (χ1n) is 5.04. The number of halogens is 2. The first-order valence-corrected chi connectivity index (χ1v) is 7.03. The second-order valence-electron chi connectivity index (χ2n) is 3.64. The van der Waals surface area contributed by atoms with Crippen molar-refractivity contribution in [1.29, 1.82) is 0 Å². The van der Waals surface area contributed by atoms with Crippen LogP contribution in [0.1, 0.15) is 0 Å². The molecule has 0 fully saturated rings. The number of thiazole rings is 1. The predicted octanol–water partition coefficient (Wildman–Crippen LogP) is 5.38. The van der Waals surface area contributed by atoms with E-state index in [0.717, 1.165) is 30.3 Å². The number of aromatic nitrogens is 1. The van der Waals surface area contributed by atoms with E-state index in [2.05, 4.69) is 33.0 Å². The maximum absolute atomic E-state index is 5.96. The molecule has 0 radical (unpaired) electrons. The van der Waals surface area contributed by atoms with Crippen molar-refractivity contribution < 1.29 is 0 Å². The fourth-order valence-electron chi connectivity index (χ4n) is 1.65. The molecule has 4 heteroatoms. The van der Waals surface area contributed by atoms with Gasteiger partial charge < -0.3 is 0 Å². The molecule has 1 nitrogen and oxygen atoms in total. The Morgan fingerprint density at radius 3 is 2.82 bits per heavy atom. The molecule has 17 heavy (non-hydrogen) atoms. The SMILES string of the molecule is Clc1ccc2sc(-c3cccc(Br)c3)nc2c1. The van der Waals surface area contributed by atoms with Gasteiger partial charge in [-0.2, -0.15) is 0 Å². The van der Waals surface area contributed by atoms with E-state index in [1.807, 2.05) is 30.3 Å². The van der Waals surface area contributed by atoms with Gasteiger partial charge >= 0.3 is 0 Å². The van der Waals surface area contributed by atoms with Crippen LogP contribution in [-0.4, -0.2) is 4.98 Å². The van der Waals surface area contributed by atoms with Crippen LogP contribution < -0.4 is 0 Å². The Hall–Kier alpha value is -0.900. The first kappa shape index (κ1) is 11.2. The minimum absolute atomic E-state index is 0.726.